The van der Waals surface area contributed by atoms with Gasteiger partial charge < -0.3 is 34.6 Å². The standard InChI is InChI=1S/C28H38N2O8/c1-36-12-9-23(33)30(18-7-5-3-4-6-8-18)21-15-20(28(35)29-10-11-31)24-19-13-17(16-32)14-22(37-2)26(19)38-27(24)25(21)34/h13-16,18,21,24-25,27,31,34H,3-12H2,1-2H3,(H,29,35)/t21-,24+,25+,27+/m1/s1. The van der Waals surface area contributed by atoms with Gasteiger partial charge in [0.2, 0.25) is 11.8 Å². The number of carbonyl (C=O) groups excluding carboxylic acids is 3. The van der Waals surface area contributed by atoms with Gasteiger partial charge in [0.1, 0.15) is 18.5 Å². The first-order valence-electron chi connectivity index (χ1n) is 13.4. The van der Waals surface area contributed by atoms with Gasteiger partial charge >= 0.3 is 0 Å². The molecule has 10 heteroatoms. The molecule has 2 aliphatic carbocycles. The van der Waals surface area contributed by atoms with Crippen LogP contribution in [0.3, 0.4) is 0 Å². The van der Waals surface area contributed by atoms with E-state index in [0.29, 0.717) is 34.5 Å². The van der Waals surface area contributed by atoms with Gasteiger partial charge in [0.15, 0.2) is 11.5 Å². The molecule has 1 aromatic carbocycles. The van der Waals surface area contributed by atoms with Crippen LogP contribution in [-0.4, -0.2) is 91.5 Å². The van der Waals surface area contributed by atoms with Gasteiger partial charge in [-0.15, -0.1) is 0 Å². The first-order valence-corrected chi connectivity index (χ1v) is 13.4. The summed E-state index contributed by atoms with van der Waals surface area (Å²) in [6, 6.07) is 2.30. The third-order valence-electron chi connectivity index (χ3n) is 7.76. The summed E-state index contributed by atoms with van der Waals surface area (Å²) in [7, 11) is 3.00. The quantitative estimate of drug-likeness (QED) is 0.308. The number of amides is 2. The topological polar surface area (TPSA) is 135 Å². The lowest BCUT2D eigenvalue weighted by atomic mass is 9.76. The minimum Gasteiger partial charge on any atom is -0.493 e. The van der Waals surface area contributed by atoms with E-state index in [2.05, 4.69) is 5.32 Å². The number of aldehydes is 1. The number of aliphatic hydroxyl groups excluding tert-OH is 2. The van der Waals surface area contributed by atoms with Crippen molar-refractivity contribution in [1.29, 1.82) is 0 Å². The van der Waals surface area contributed by atoms with E-state index in [1.807, 2.05) is 0 Å². The van der Waals surface area contributed by atoms with Crippen LogP contribution < -0.4 is 14.8 Å². The molecule has 38 heavy (non-hydrogen) atoms. The molecule has 4 atom stereocenters. The first-order chi connectivity index (χ1) is 18.4. The van der Waals surface area contributed by atoms with E-state index in [9.17, 15) is 24.6 Å². The Morgan fingerprint density at radius 3 is 2.55 bits per heavy atom. The zero-order chi connectivity index (χ0) is 27.2. The van der Waals surface area contributed by atoms with Crippen LogP contribution in [0.2, 0.25) is 0 Å². The normalized spacial score (nSPS) is 24.8. The Labute approximate surface area is 222 Å². The first kappa shape index (κ1) is 28.1. The van der Waals surface area contributed by atoms with Crippen LogP contribution in [0.4, 0.5) is 0 Å². The van der Waals surface area contributed by atoms with Crippen molar-refractivity contribution in [2.45, 2.75) is 75.2 Å². The largest absolute Gasteiger partial charge is 0.493 e. The summed E-state index contributed by atoms with van der Waals surface area (Å²) in [6.45, 7) is 0.0580. The molecule has 0 bridgehead atoms. The van der Waals surface area contributed by atoms with Crippen molar-refractivity contribution in [3.05, 3.63) is 34.9 Å². The van der Waals surface area contributed by atoms with Crippen LogP contribution in [0.1, 0.15) is 66.8 Å². The summed E-state index contributed by atoms with van der Waals surface area (Å²) in [6.07, 6.45) is 6.27. The lowest BCUT2D eigenvalue weighted by Crippen LogP contribution is -2.58. The number of hydrogen-bond acceptors (Lipinski definition) is 8. The Balaban J connectivity index is 1.81. The molecule has 0 saturated heterocycles. The average Bonchev–Trinajstić information content (AvgIpc) is 3.11. The van der Waals surface area contributed by atoms with Crippen LogP contribution in [0, 0.1) is 0 Å². The summed E-state index contributed by atoms with van der Waals surface area (Å²) in [4.78, 5) is 40.4. The molecule has 1 heterocycles. The fourth-order valence-electron chi connectivity index (χ4n) is 6.00. The summed E-state index contributed by atoms with van der Waals surface area (Å²) >= 11 is 0. The molecule has 3 aliphatic rings. The van der Waals surface area contributed by atoms with E-state index in [-0.39, 0.29) is 38.1 Å². The number of nitrogens with one attached hydrogen (secondary N) is 1. The number of aliphatic hydroxyl groups is 2. The van der Waals surface area contributed by atoms with Crippen molar-refractivity contribution in [3.8, 4) is 11.5 Å². The molecule has 2 amide bonds. The molecule has 3 N–H and O–H groups in total. The van der Waals surface area contributed by atoms with Gasteiger partial charge in [-0.05, 0) is 31.1 Å². The lowest BCUT2D eigenvalue weighted by molar-refractivity contribution is -0.141. The second-order valence-corrected chi connectivity index (χ2v) is 10.1. The number of benzene rings is 1. The van der Waals surface area contributed by atoms with Crippen molar-refractivity contribution < 1.29 is 38.8 Å². The Kier molecular flexibility index (Phi) is 9.40. The monoisotopic (exact) mass is 530 g/mol. The van der Waals surface area contributed by atoms with E-state index in [4.69, 9.17) is 14.2 Å². The predicted molar refractivity (Wildman–Crippen MR) is 138 cm³/mol. The van der Waals surface area contributed by atoms with Gasteiger partial charge in [0.25, 0.3) is 0 Å². The van der Waals surface area contributed by atoms with Gasteiger partial charge in [0, 0.05) is 36.4 Å². The van der Waals surface area contributed by atoms with Crippen LogP contribution >= 0.6 is 0 Å². The Bertz CT molecular complexity index is 1050. The Hall–Kier alpha value is -2.95. The lowest BCUT2D eigenvalue weighted by Gasteiger charge is -2.44. The van der Waals surface area contributed by atoms with E-state index in [0.717, 1.165) is 38.5 Å². The molecule has 1 aliphatic heterocycles. The van der Waals surface area contributed by atoms with E-state index in [1.54, 1.807) is 23.1 Å². The minimum absolute atomic E-state index is 0.0469. The zero-order valence-electron chi connectivity index (χ0n) is 22.1. The number of fused-ring (bicyclic) bond motifs is 3. The van der Waals surface area contributed by atoms with Crippen molar-refractivity contribution in [2.24, 2.45) is 0 Å². The summed E-state index contributed by atoms with van der Waals surface area (Å²) in [5.41, 5.74) is 1.23. The van der Waals surface area contributed by atoms with Gasteiger partial charge in [0.05, 0.1) is 38.7 Å². The third kappa shape index (κ3) is 5.57. The smallest absolute Gasteiger partial charge is 0.247 e. The van der Waals surface area contributed by atoms with Crippen LogP contribution in [0.5, 0.6) is 11.5 Å². The highest BCUT2D eigenvalue weighted by atomic mass is 16.5. The van der Waals surface area contributed by atoms with E-state index in [1.165, 1.54) is 14.2 Å². The number of hydrogen-bond donors (Lipinski definition) is 3. The maximum absolute atomic E-state index is 13.6. The molecule has 0 spiro atoms. The number of ether oxygens (including phenoxy) is 3. The molecule has 208 valence electrons. The highest BCUT2D eigenvalue weighted by Crippen LogP contribution is 2.51. The molecule has 4 rings (SSSR count). The molecule has 1 aromatic rings. The van der Waals surface area contributed by atoms with Crippen LogP contribution in [-0.2, 0) is 14.3 Å². The van der Waals surface area contributed by atoms with Gasteiger partial charge in [-0.2, -0.15) is 0 Å². The number of carbonyl (C=O) groups is 3. The molecule has 0 aromatic heterocycles. The third-order valence-corrected chi connectivity index (χ3v) is 7.76. The summed E-state index contributed by atoms with van der Waals surface area (Å²) in [5, 5.41) is 23.8. The molecule has 0 unspecified atom stereocenters. The van der Waals surface area contributed by atoms with E-state index < -0.39 is 30.1 Å². The molecule has 1 saturated carbocycles. The van der Waals surface area contributed by atoms with Crippen molar-refractivity contribution in [2.75, 3.05) is 34.0 Å². The number of rotatable bonds is 10. The maximum atomic E-state index is 13.6. The fraction of sp³-hybridized carbons (Fsp3) is 0.607. The molecule has 10 nitrogen and oxygen atoms in total. The van der Waals surface area contributed by atoms with Gasteiger partial charge in [-0.3, -0.25) is 14.4 Å². The molecule has 0 radical (unpaired) electrons. The van der Waals surface area contributed by atoms with Gasteiger partial charge in [-0.1, -0.05) is 25.7 Å². The zero-order valence-corrected chi connectivity index (χ0v) is 22.1. The number of methoxy groups -OCH3 is 2. The molecular formula is C28H38N2O8. The predicted octanol–water partition coefficient (Wildman–Crippen LogP) is 1.72. The van der Waals surface area contributed by atoms with Crippen LogP contribution in [0.15, 0.2) is 23.8 Å². The molecular weight excluding hydrogens is 492 g/mol. The summed E-state index contributed by atoms with van der Waals surface area (Å²) in [5.74, 6) is -0.573. The number of nitrogens with zero attached hydrogens (tertiary/aromatic N) is 1. The minimum atomic E-state index is -1.14. The maximum Gasteiger partial charge on any atom is 0.247 e. The second kappa shape index (κ2) is 12.7. The van der Waals surface area contributed by atoms with Gasteiger partial charge in [-0.25, -0.2) is 0 Å². The fourth-order valence-corrected chi connectivity index (χ4v) is 6.00. The SMILES string of the molecule is COCCC(=O)N(C1CCCCCC1)[C@@H]1C=C(C(=O)NCCO)[C@@H]2c3cc(C=O)cc(OC)c3O[C@@H]2[C@H]1O. The van der Waals surface area contributed by atoms with Crippen LogP contribution in [0.25, 0.3) is 0 Å². The van der Waals surface area contributed by atoms with Crippen molar-refractivity contribution >= 4 is 18.1 Å². The molecule has 1 fully saturated rings. The average molecular weight is 531 g/mol. The highest BCUT2D eigenvalue weighted by molar-refractivity contribution is 5.96. The van der Waals surface area contributed by atoms with Crippen molar-refractivity contribution in [1.82, 2.24) is 10.2 Å². The Morgan fingerprint density at radius 2 is 1.92 bits per heavy atom. The highest BCUT2D eigenvalue weighted by Gasteiger charge is 2.52. The Morgan fingerprint density at radius 1 is 1.18 bits per heavy atom. The van der Waals surface area contributed by atoms with Crippen molar-refractivity contribution in [3.63, 3.8) is 0 Å². The van der Waals surface area contributed by atoms with E-state index >= 15 is 0 Å². The summed E-state index contributed by atoms with van der Waals surface area (Å²) < 4.78 is 16.9. The second-order valence-electron chi connectivity index (χ2n) is 10.1.